The highest BCUT2D eigenvalue weighted by molar-refractivity contribution is 7.07. The molecule has 23 heavy (non-hydrogen) atoms. The molecule has 0 saturated carbocycles. The Kier molecular flexibility index (Phi) is 4.53. The van der Waals surface area contributed by atoms with Crippen molar-refractivity contribution < 1.29 is 9.47 Å². The van der Waals surface area contributed by atoms with E-state index in [2.05, 4.69) is 26.7 Å². The monoisotopic (exact) mass is 350 g/mol. The zero-order valence-electron chi connectivity index (χ0n) is 12.7. The topological polar surface area (TPSA) is 34.6 Å². The zero-order chi connectivity index (χ0) is 15.6. The number of hydrogen-bond acceptors (Lipinski definition) is 5. The first-order valence-electron chi connectivity index (χ1n) is 7.86. The number of ether oxygens (including phenoxy) is 2. The quantitative estimate of drug-likeness (QED) is 0.828. The summed E-state index contributed by atoms with van der Waals surface area (Å²) in [4.78, 5) is 6.54. The van der Waals surface area contributed by atoms with E-state index >= 15 is 0 Å². The van der Waals surface area contributed by atoms with E-state index in [9.17, 15) is 0 Å². The molecule has 0 spiro atoms. The number of rotatable bonds is 5. The highest BCUT2D eigenvalue weighted by Crippen LogP contribution is 2.34. The van der Waals surface area contributed by atoms with Crippen LogP contribution in [0.3, 0.4) is 0 Å². The van der Waals surface area contributed by atoms with Gasteiger partial charge in [-0.05, 0) is 22.4 Å². The van der Waals surface area contributed by atoms with Crippen LogP contribution in [0.25, 0.3) is 0 Å². The number of aromatic nitrogens is 1. The van der Waals surface area contributed by atoms with E-state index in [0.29, 0.717) is 29.6 Å². The van der Waals surface area contributed by atoms with Crippen molar-refractivity contribution in [1.82, 2.24) is 9.88 Å². The van der Waals surface area contributed by atoms with Crippen LogP contribution >= 0.6 is 22.9 Å². The van der Waals surface area contributed by atoms with E-state index in [0.717, 1.165) is 32.0 Å². The Bertz CT molecular complexity index is 652. The second-order valence-corrected chi connectivity index (χ2v) is 7.49. The Labute approximate surface area is 145 Å². The number of fused-ring (bicyclic) bond motifs is 1. The summed E-state index contributed by atoms with van der Waals surface area (Å²) in [7, 11) is 0. The average Bonchev–Trinajstić information content (AvgIpc) is 3.24. The van der Waals surface area contributed by atoms with Crippen molar-refractivity contribution in [2.75, 3.05) is 26.3 Å². The lowest BCUT2D eigenvalue weighted by atomic mass is 9.94. The molecule has 2 aromatic heterocycles. The largest absolute Gasteiger partial charge is 0.492 e. The van der Waals surface area contributed by atoms with E-state index < -0.39 is 0 Å². The third-order valence-electron chi connectivity index (χ3n) is 4.64. The van der Waals surface area contributed by atoms with E-state index in [1.807, 2.05) is 0 Å². The fourth-order valence-corrected chi connectivity index (χ4v) is 4.32. The molecule has 0 unspecified atom stereocenters. The molecule has 2 fully saturated rings. The Balaban J connectivity index is 1.33. The van der Waals surface area contributed by atoms with Gasteiger partial charge in [0.15, 0.2) is 0 Å². The molecular weight excluding hydrogens is 332 g/mol. The smallest absolute Gasteiger partial charge is 0.139 e. The van der Waals surface area contributed by atoms with Crippen molar-refractivity contribution in [2.24, 2.45) is 11.8 Å². The maximum atomic E-state index is 5.99. The first-order chi connectivity index (χ1) is 11.3. The number of thiophene rings is 1. The minimum atomic E-state index is 0.347. The molecule has 4 nitrogen and oxygen atoms in total. The Morgan fingerprint density at radius 2 is 2.35 bits per heavy atom. The first-order valence-corrected chi connectivity index (χ1v) is 9.18. The molecule has 2 aliphatic heterocycles. The summed E-state index contributed by atoms with van der Waals surface area (Å²) in [5.41, 5.74) is 1.40. The lowest BCUT2D eigenvalue weighted by Crippen LogP contribution is -2.26. The molecule has 2 aromatic rings. The van der Waals surface area contributed by atoms with Crippen LogP contribution in [-0.4, -0.2) is 42.3 Å². The van der Waals surface area contributed by atoms with Crippen molar-refractivity contribution in [3.05, 3.63) is 45.9 Å². The van der Waals surface area contributed by atoms with Crippen molar-refractivity contribution in [2.45, 2.75) is 12.6 Å². The maximum absolute atomic E-state index is 5.99. The van der Waals surface area contributed by atoms with Gasteiger partial charge >= 0.3 is 0 Å². The predicted molar refractivity (Wildman–Crippen MR) is 91.1 cm³/mol. The predicted octanol–water partition coefficient (Wildman–Crippen LogP) is 3.32. The van der Waals surface area contributed by atoms with Gasteiger partial charge < -0.3 is 9.47 Å². The van der Waals surface area contributed by atoms with E-state index in [1.165, 1.54) is 5.56 Å². The molecule has 6 heteroatoms. The number of nitrogens with zero attached hydrogens (tertiary/aromatic N) is 2. The molecule has 0 radical (unpaired) electrons. The van der Waals surface area contributed by atoms with Crippen molar-refractivity contribution >= 4 is 22.9 Å². The van der Waals surface area contributed by atoms with E-state index in [1.54, 1.807) is 29.8 Å². The standard InChI is InChI=1S/C17H19ClN2O2S/c18-14-3-15(5-19-4-14)21-9-13-10-22-17-8-20(7-16(13)17)6-12-1-2-23-11-12/h1-5,11,13,16-17H,6-10H2/t13-,16+,17+/m1/s1. The number of hydrogen-bond donors (Lipinski definition) is 0. The normalized spacial score (nSPS) is 27.3. The van der Waals surface area contributed by atoms with Crippen LogP contribution < -0.4 is 4.74 Å². The molecule has 0 aromatic carbocycles. The molecule has 0 N–H and O–H groups in total. The van der Waals surface area contributed by atoms with E-state index in [4.69, 9.17) is 21.1 Å². The summed E-state index contributed by atoms with van der Waals surface area (Å²) in [6.45, 7) is 4.58. The van der Waals surface area contributed by atoms with Gasteiger partial charge in [-0.15, -0.1) is 0 Å². The summed E-state index contributed by atoms with van der Waals surface area (Å²) in [5.74, 6) is 1.72. The molecule has 4 heterocycles. The lowest BCUT2D eigenvalue weighted by Gasteiger charge is -2.19. The molecule has 4 rings (SSSR count). The van der Waals surface area contributed by atoms with Gasteiger partial charge in [-0.1, -0.05) is 11.6 Å². The average molecular weight is 351 g/mol. The summed E-state index contributed by atoms with van der Waals surface area (Å²) < 4.78 is 11.9. The molecule has 2 aliphatic rings. The Hall–Kier alpha value is -1.14. The minimum absolute atomic E-state index is 0.347. The first kappa shape index (κ1) is 15.4. The lowest BCUT2D eigenvalue weighted by molar-refractivity contribution is 0.0897. The van der Waals surface area contributed by atoms with Crippen molar-refractivity contribution in [3.8, 4) is 5.75 Å². The van der Waals surface area contributed by atoms with Crippen LogP contribution in [0.2, 0.25) is 5.02 Å². The number of pyridine rings is 1. The summed E-state index contributed by atoms with van der Waals surface area (Å²) in [5, 5.41) is 4.96. The van der Waals surface area contributed by atoms with Crippen LogP contribution in [0.4, 0.5) is 0 Å². The molecular formula is C17H19ClN2O2S. The summed E-state index contributed by atoms with van der Waals surface area (Å²) in [6, 6.07) is 4.01. The van der Waals surface area contributed by atoms with Crippen LogP contribution in [0.1, 0.15) is 5.56 Å². The maximum Gasteiger partial charge on any atom is 0.139 e. The third kappa shape index (κ3) is 3.53. The van der Waals surface area contributed by atoms with Gasteiger partial charge in [0.25, 0.3) is 0 Å². The molecule has 3 atom stereocenters. The summed E-state index contributed by atoms with van der Waals surface area (Å²) in [6.07, 6.45) is 3.67. The third-order valence-corrected chi connectivity index (χ3v) is 5.58. The van der Waals surface area contributed by atoms with Gasteiger partial charge in [0.05, 0.1) is 30.5 Å². The fourth-order valence-electron chi connectivity index (χ4n) is 3.50. The highest BCUT2D eigenvalue weighted by atomic mass is 35.5. The van der Waals surface area contributed by atoms with Crippen LogP contribution in [0, 0.1) is 11.8 Å². The Morgan fingerprint density at radius 3 is 3.17 bits per heavy atom. The molecule has 0 bridgehead atoms. The van der Waals surface area contributed by atoms with Crippen LogP contribution in [0.15, 0.2) is 35.3 Å². The van der Waals surface area contributed by atoms with Gasteiger partial charge in [0, 0.05) is 43.7 Å². The van der Waals surface area contributed by atoms with Gasteiger partial charge in [-0.25, -0.2) is 0 Å². The van der Waals surface area contributed by atoms with E-state index in [-0.39, 0.29) is 0 Å². The summed E-state index contributed by atoms with van der Waals surface area (Å²) >= 11 is 7.70. The minimum Gasteiger partial charge on any atom is -0.492 e. The van der Waals surface area contributed by atoms with Crippen molar-refractivity contribution in [1.29, 1.82) is 0 Å². The fraction of sp³-hybridized carbons (Fsp3) is 0.471. The van der Waals surface area contributed by atoms with Gasteiger partial charge in [-0.2, -0.15) is 11.3 Å². The zero-order valence-corrected chi connectivity index (χ0v) is 14.3. The van der Waals surface area contributed by atoms with Crippen molar-refractivity contribution in [3.63, 3.8) is 0 Å². The molecule has 2 saturated heterocycles. The molecule has 122 valence electrons. The van der Waals surface area contributed by atoms with Crippen LogP contribution in [-0.2, 0) is 11.3 Å². The Morgan fingerprint density at radius 1 is 1.39 bits per heavy atom. The second-order valence-electron chi connectivity index (χ2n) is 6.27. The molecule has 0 amide bonds. The van der Waals surface area contributed by atoms with Gasteiger partial charge in [0.2, 0.25) is 0 Å². The highest BCUT2D eigenvalue weighted by Gasteiger charge is 2.43. The van der Waals surface area contributed by atoms with Crippen LogP contribution in [0.5, 0.6) is 5.75 Å². The van der Waals surface area contributed by atoms with Gasteiger partial charge in [-0.3, -0.25) is 9.88 Å². The van der Waals surface area contributed by atoms with Gasteiger partial charge in [0.1, 0.15) is 5.75 Å². The number of halogens is 1. The SMILES string of the molecule is Clc1cncc(OC[C@@H]2CO[C@H]3CN(Cc4ccsc4)C[C@@H]23)c1. The second kappa shape index (κ2) is 6.77. The number of likely N-dealkylation sites (tertiary alicyclic amines) is 1. The molecule has 0 aliphatic carbocycles.